The van der Waals surface area contributed by atoms with Crippen molar-refractivity contribution in [3.05, 3.63) is 24.3 Å². The van der Waals surface area contributed by atoms with Gasteiger partial charge in [-0.1, -0.05) is 11.8 Å². The maximum atomic E-state index is 12.1. The van der Waals surface area contributed by atoms with Crippen molar-refractivity contribution in [1.29, 1.82) is 0 Å². The average Bonchev–Trinajstić information content (AvgIpc) is 3.07. The van der Waals surface area contributed by atoms with Crippen LogP contribution in [0.5, 0.6) is 0 Å². The fourth-order valence-electron chi connectivity index (χ4n) is 3.42. The molecule has 0 saturated carbocycles. The van der Waals surface area contributed by atoms with E-state index in [1.807, 2.05) is 29.2 Å². The Labute approximate surface area is 163 Å². The molecular weight excluding hydrogens is 394 g/mol. The van der Waals surface area contributed by atoms with E-state index in [2.05, 4.69) is 23.7 Å². The number of hydrogen-bond donors (Lipinski definition) is 0. The van der Waals surface area contributed by atoms with Gasteiger partial charge in [-0.05, 0) is 38.1 Å². The second kappa shape index (κ2) is 7.78. The zero-order chi connectivity index (χ0) is 18.9. The van der Waals surface area contributed by atoms with Crippen molar-refractivity contribution in [2.75, 3.05) is 40.3 Å². The van der Waals surface area contributed by atoms with Gasteiger partial charge in [0.05, 0.1) is 17.5 Å². The lowest BCUT2D eigenvalue weighted by Gasteiger charge is -2.26. The number of carbonyl (C=O) groups is 1. The Morgan fingerprint density at radius 2 is 1.92 bits per heavy atom. The molecule has 1 aromatic rings. The van der Waals surface area contributed by atoms with E-state index >= 15 is 0 Å². The van der Waals surface area contributed by atoms with Gasteiger partial charge in [0.15, 0.2) is 15.0 Å². The smallest absolute Gasteiger partial charge is 0.262 e. The summed E-state index contributed by atoms with van der Waals surface area (Å²) in [6, 6.07) is 7.76. The monoisotopic (exact) mass is 415 g/mol. The summed E-state index contributed by atoms with van der Waals surface area (Å²) in [5.41, 5.74) is 1.95. The quantitative estimate of drug-likeness (QED) is 0.687. The Bertz CT molecular complexity index is 807. The van der Waals surface area contributed by atoms with Gasteiger partial charge in [0, 0.05) is 29.7 Å². The van der Waals surface area contributed by atoms with Crippen molar-refractivity contribution >= 4 is 55.6 Å². The van der Waals surface area contributed by atoms with E-state index in [9.17, 15) is 13.2 Å². The average molecular weight is 416 g/mol. The normalized spacial score (nSPS) is 25.5. The van der Waals surface area contributed by atoms with Crippen LogP contribution in [0.25, 0.3) is 0 Å². The number of sulfone groups is 1. The van der Waals surface area contributed by atoms with Gasteiger partial charge >= 0.3 is 0 Å². The van der Waals surface area contributed by atoms with Crippen LogP contribution in [0.15, 0.2) is 29.3 Å². The SMILES string of the molecule is CCN(CC)c1ccc(N2C(=NC(=O)CCl)S[C@H]3CS(=O)(=O)C[C@H]32)cc1. The molecule has 0 aromatic heterocycles. The molecule has 1 amide bonds. The third-order valence-electron chi connectivity index (χ3n) is 4.66. The second-order valence-electron chi connectivity index (χ2n) is 6.28. The fourth-order valence-corrected chi connectivity index (χ4v) is 7.41. The minimum atomic E-state index is -3.07. The lowest BCUT2D eigenvalue weighted by atomic mass is 10.2. The summed E-state index contributed by atoms with van der Waals surface area (Å²) in [4.78, 5) is 19.9. The van der Waals surface area contributed by atoms with Gasteiger partial charge in [0.2, 0.25) is 0 Å². The molecule has 0 spiro atoms. The summed E-state index contributed by atoms with van der Waals surface area (Å²) >= 11 is 6.95. The first-order valence-corrected chi connectivity index (χ1v) is 11.8. The Morgan fingerprint density at radius 3 is 2.50 bits per heavy atom. The number of alkyl halides is 1. The lowest BCUT2D eigenvalue weighted by molar-refractivity contribution is -0.115. The van der Waals surface area contributed by atoms with Gasteiger partial charge in [-0.3, -0.25) is 4.79 Å². The van der Waals surface area contributed by atoms with E-state index in [-0.39, 0.29) is 28.7 Å². The first-order valence-electron chi connectivity index (χ1n) is 8.57. The molecule has 0 aliphatic carbocycles. The molecule has 0 radical (unpaired) electrons. The molecule has 1 aromatic carbocycles. The van der Waals surface area contributed by atoms with Gasteiger partial charge in [0.1, 0.15) is 5.88 Å². The lowest BCUT2D eigenvalue weighted by Crippen LogP contribution is -2.37. The van der Waals surface area contributed by atoms with Gasteiger partial charge in [-0.25, -0.2) is 8.42 Å². The van der Waals surface area contributed by atoms with Crippen molar-refractivity contribution in [3.63, 3.8) is 0 Å². The largest absolute Gasteiger partial charge is 0.372 e. The van der Waals surface area contributed by atoms with Crippen LogP contribution < -0.4 is 9.80 Å². The van der Waals surface area contributed by atoms with Crippen LogP contribution >= 0.6 is 23.4 Å². The highest BCUT2D eigenvalue weighted by Crippen LogP contribution is 2.41. The van der Waals surface area contributed by atoms with Crippen LogP contribution in [-0.2, 0) is 14.6 Å². The predicted octanol–water partition coefficient (Wildman–Crippen LogP) is 2.37. The number of amides is 1. The maximum absolute atomic E-state index is 12.1. The molecular formula is C17H22ClN3O3S2. The number of anilines is 2. The molecule has 2 saturated heterocycles. The third kappa shape index (κ3) is 3.87. The van der Waals surface area contributed by atoms with E-state index < -0.39 is 15.7 Å². The highest BCUT2D eigenvalue weighted by molar-refractivity contribution is 8.16. The highest BCUT2D eigenvalue weighted by atomic mass is 35.5. The van der Waals surface area contributed by atoms with Crippen LogP contribution in [0, 0.1) is 0 Å². The zero-order valence-corrected chi connectivity index (χ0v) is 17.1. The van der Waals surface area contributed by atoms with Crippen molar-refractivity contribution in [1.82, 2.24) is 0 Å². The molecule has 6 nitrogen and oxygen atoms in total. The van der Waals surface area contributed by atoms with Crippen molar-refractivity contribution in [3.8, 4) is 0 Å². The standard InChI is InChI=1S/C17H22ClN3O3S2/c1-3-20(4-2)12-5-7-13(8-6-12)21-14-10-26(23,24)11-15(14)25-17(21)19-16(22)9-18/h5-8,14-15H,3-4,9-11H2,1-2H3/t14-,15+/m1/s1. The van der Waals surface area contributed by atoms with Gasteiger partial charge in [-0.15, -0.1) is 11.6 Å². The molecule has 0 N–H and O–H groups in total. The van der Waals surface area contributed by atoms with Crippen molar-refractivity contribution in [2.24, 2.45) is 4.99 Å². The number of hydrogen-bond acceptors (Lipinski definition) is 5. The van der Waals surface area contributed by atoms with E-state index in [1.54, 1.807) is 0 Å². The fraction of sp³-hybridized carbons (Fsp3) is 0.529. The minimum absolute atomic E-state index is 0.0799. The minimum Gasteiger partial charge on any atom is -0.372 e. The molecule has 3 rings (SSSR count). The van der Waals surface area contributed by atoms with Gasteiger partial charge in [-0.2, -0.15) is 4.99 Å². The number of benzene rings is 1. The molecule has 2 heterocycles. The molecule has 9 heteroatoms. The number of nitrogens with zero attached hydrogens (tertiary/aromatic N) is 3. The van der Waals surface area contributed by atoms with Crippen LogP contribution in [0.4, 0.5) is 11.4 Å². The van der Waals surface area contributed by atoms with Crippen LogP contribution in [0.1, 0.15) is 13.8 Å². The van der Waals surface area contributed by atoms with Gasteiger partial charge in [0.25, 0.3) is 5.91 Å². The first kappa shape index (κ1) is 19.5. The van der Waals surface area contributed by atoms with E-state index in [0.29, 0.717) is 5.17 Å². The number of rotatable bonds is 5. The topological polar surface area (TPSA) is 70.0 Å². The summed E-state index contributed by atoms with van der Waals surface area (Å²) in [5, 5.41) is 0.431. The second-order valence-corrected chi connectivity index (χ2v) is 9.91. The van der Waals surface area contributed by atoms with E-state index in [4.69, 9.17) is 11.6 Å². The number of thioether (sulfide) groups is 1. The third-order valence-corrected chi connectivity index (χ3v) is 8.10. The molecule has 2 aliphatic rings. The van der Waals surface area contributed by atoms with Gasteiger partial charge < -0.3 is 9.80 Å². The zero-order valence-electron chi connectivity index (χ0n) is 14.8. The first-order chi connectivity index (χ1) is 12.4. The molecule has 0 bridgehead atoms. The summed E-state index contributed by atoms with van der Waals surface area (Å²) in [6.07, 6.45) is 0. The van der Waals surface area contributed by atoms with E-state index in [1.165, 1.54) is 11.8 Å². The number of amidine groups is 1. The molecule has 2 atom stereocenters. The molecule has 2 fully saturated rings. The maximum Gasteiger partial charge on any atom is 0.262 e. The predicted molar refractivity (Wildman–Crippen MR) is 109 cm³/mol. The molecule has 0 unspecified atom stereocenters. The number of carbonyl (C=O) groups excluding carboxylic acids is 1. The Morgan fingerprint density at radius 1 is 1.27 bits per heavy atom. The van der Waals surface area contributed by atoms with Crippen molar-refractivity contribution < 1.29 is 13.2 Å². The summed E-state index contributed by atoms with van der Waals surface area (Å²) < 4.78 is 24.1. The Hall–Kier alpha value is -1.25. The molecule has 2 aliphatic heterocycles. The number of aliphatic imine (C=N–C) groups is 1. The number of halogens is 1. The van der Waals surface area contributed by atoms with Crippen LogP contribution in [-0.4, -0.2) is 61.3 Å². The summed E-state index contributed by atoms with van der Waals surface area (Å²) in [7, 11) is -3.07. The Kier molecular flexibility index (Phi) is 5.84. The van der Waals surface area contributed by atoms with Crippen LogP contribution in [0.2, 0.25) is 0 Å². The molecule has 142 valence electrons. The Balaban J connectivity index is 1.95. The summed E-state index contributed by atoms with van der Waals surface area (Å²) in [5.74, 6) is -0.408. The highest BCUT2D eigenvalue weighted by Gasteiger charge is 2.49. The molecule has 26 heavy (non-hydrogen) atoms. The van der Waals surface area contributed by atoms with Crippen LogP contribution in [0.3, 0.4) is 0 Å². The number of fused-ring (bicyclic) bond motifs is 1. The van der Waals surface area contributed by atoms with E-state index in [0.717, 1.165) is 24.5 Å². The summed E-state index contributed by atoms with van der Waals surface area (Å²) in [6.45, 7) is 6.03. The van der Waals surface area contributed by atoms with Crippen molar-refractivity contribution in [2.45, 2.75) is 25.1 Å².